The number of hydrogen-bond acceptors (Lipinski definition) is 4. The molecule has 0 bridgehead atoms. The molecule has 136 valence electrons. The number of benzene rings is 2. The van der Waals surface area contributed by atoms with E-state index in [4.69, 9.17) is 9.47 Å². The zero-order chi connectivity index (χ0) is 17.8. The van der Waals surface area contributed by atoms with Crippen LogP contribution in [0, 0.1) is 0 Å². The summed E-state index contributed by atoms with van der Waals surface area (Å²) >= 11 is 0. The summed E-state index contributed by atoms with van der Waals surface area (Å²) in [5.41, 5.74) is 2.25. The number of rotatable bonds is 5. The lowest BCUT2D eigenvalue weighted by Gasteiger charge is -2.26. The third kappa shape index (κ3) is 3.83. The van der Waals surface area contributed by atoms with Crippen molar-refractivity contribution in [2.24, 2.45) is 0 Å². The van der Waals surface area contributed by atoms with Crippen molar-refractivity contribution in [3.8, 4) is 11.5 Å². The van der Waals surface area contributed by atoms with Gasteiger partial charge in [-0.3, -0.25) is 4.79 Å². The van der Waals surface area contributed by atoms with Gasteiger partial charge in [-0.1, -0.05) is 36.4 Å². The van der Waals surface area contributed by atoms with Gasteiger partial charge in [0.05, 0.1) is 6.54 Å². The molecule has 2 aromatic rings. The molecule has 5 nitrogen and oxygen atoms in total. The third-order valence-electron chi connectivity index (χ3n) is 4.92. The second-order valence-corrected chi connectivity index (χ2v) is 6.80. The Hall–Kier alpha value is -2.53. The number of likely N-dealkylation sites (tertiary alicyclic amines) is 1. The number of nitrogens with one attached hydrogen (secondary N) is 1. The molecule has 1 amide bonds. The second kappa shape index (κ2) is 7.79. The van der Waals surface area contributed by atoms with Crippen LogP contribution in [0.15, 0.2) is 48.5 Å². The van der Waals surface area contributed by atoms with Gasteiger partial charge in [0.1, 0.15) is 6.61 Å². The fraction of sp³-hybridized carbons (Fsp3) is 0.381. The van der Waals surface area contributed by atoms with Gasteiger partial charge in [-0.25, -0.2) is 0 Å². The summed E-state index contributed by atoms with van der Waals surface area (Å²) in [6, 6.07) is 16.0. The van der Waals surface area contributed by atoms with Crippen LogP contribution in [0.5, 0.6) is 11.5 Å². The smallest absolute Gasteiger partial charge is 0.236 e. The van der Waals surface area contributed by atoms with Crippen molar-refractivity contribution in [3.63, 3.8) is 0 Å². The van der Waals surface area contributed by atoms with Crippen molar-refractivity contribution >= 4 is 5.91 Å². The average Bonchev–Trinajstić information content (AvgIpc) is 3.23. The van der Waals surface area contributed by atoms with E-state index in [1.807, 2.05) is 29.2 Å². The van der Waals surface area contributed by atoms with Crippen LogP contribution in [0.1, 0.15) is 30.1 Å². The maximum absolute atomic E-state index is 12.0. The Morgan fingerprint density at radius 1 is 1.04 bits per heavy atom. The molecule has 26 heavy (non-hydrogen) atoms. The number of fused-ring (bicyclic) bond motifs is 1. The number of amides is 1. The second-order valence-electron chi connectivity index (χ2n) is 6.80. The largest absolute Gasteiger partial charge is 0.485 e. The van der Waals surface area contributed by atoms with Gasteiger partial charge in [0.2, 0.25) is 5.91 Å². The van der Waals surface area contributed by atoms with Crippen LogP contribution < -0.4 is 14.8 Å². The maximum Gasteiger partial charge on any atom is 0.236 e. The van der Waals surface area contributed by atoms with Crippen molar-refractivity contribution in [2.75, 3.05) is 26.2 Å². The molecule has 0 spiro atoms. The molecule has 0 saturated carbocycles. The fourth-order valence-corrected chi connectivity index (χ4v) is 3.43. The van der Waals surface area contributed by atoms with Gasteiger partial charge in [0.15, 0.2) is 17.6 Å². The van der Waals surface area contributed by atoms with E-state index in [0.29, 0.717) is 19.7 Å². The highest BCUT2D eigenvalue weighted by molar-refractivity contribution is 5.78. The van der Waals surface area contributed by atoms with Crippen LogP contribution in [0.3, 0.4) is 0 Å². The zero-order valence-corrected chi connectivity index (χ0v) is 14.8. The SMILES string of the molecule is O=C(CNCc1ccc(C2COc3ccccc3O2)cc1)N1CCCC1. The standard InChI is InChI=1S/C21H24N2O3/c24-21(23-11-3-4-12-23)14-22-13-16-7-9-17(10-8-16)20-15-25-18-5-1-2-6-19(18)26-20/h1-2,5-10,20,22H,3-4,11-15H2. The third-order valence-corrected chi connectivity index (χ3v) is 4.92. The number of nitrogens with zero attached hydrogens (tertiary/aromatic N) is 1. The molecule has 2 heterocycles. The molecule has 0 aliphatic carbocycles. The van der Waals surface area contributed by atoms with Crippen LogP contribution in [0.2, 0.25) is 0 Å². The first-order valence-electron chi connectivity index (χ1n) is 9.25. The summed E-state index contributed by atoms with van der Waals surface area (Å²) in [6.07, 6.45) is 2.17. The first-order chi connectivity index (χ1) is 12.8. The molecule has 5 heteroatoms. The minimum Gasteiger partial charge on any atom is -0.485 e. The Balaban J connectivity index is 1.29. The highest BCUT2D eigenvalue weighted by Crippen LogP contribution is 2.35. The lowest BCUT2D eigenvalue weighted by Crippen LogP contribution is -2.35. The fourth-order valence-electron chi connectivity index (χ4n) is 3.43. The highest BCUT2D eigenvalue weighted by Gasteiger charge is 2.22. The average molecular weight is 352 g/mol. The van der Waals surface area contributed by atoms with E-state index in [-0.39, 0.29) is 12.0 Å². The molecule has 1 saturated heterocycles. The number of para-hydroxylation sites is 2. The predicted octanol–water partition coefficient (Wildman–Crippen LogP) is 2.91. The molecule has 0 radical (unpaired) electrons. The predicted molar refractivity (Wildman–Crippen MR) is 99.3 cm³/mol. The van der Waals surface area contributed by atoms with Gasteiger partial charge in [0.25, 0.3) is 0 Å². The molecule has 2 aromatic carbocycles. The molecule has 1 atom stereocenters. The molecule has 2 aliphatic heterocycles. The molecule has 1 N–H and O–H groups in total. The summed E-state index contributed by atoms with van der Waals surface area (Å²) in [6.45, 7) is 3.41. The van der Waals surface area contributed by atoms with E-state index in [0.717, 1.165) is 48.6 Å². The number of hydrogen-bond donors (Lipinski definition) is 1. The van der Waals surface area contributed by atoms with Crippen LogP contribution in [-0.2, 0) is 11.3 Å². The van der Waals surface area contributed by atoms with Crippen molar-refractivity contribution in [2.45, 2.75) is 25.5 Å². The zero-order valence-electron chi connectivity index (χ0n) is 14.8. The van der Waals surface area contributed by atoms with E-state index >= 15 is 0 Å². The lowest BCUT2D eigenvalue weighted by molar-refractivity contribution is -0.129. The molecular weight excluding hydrogens is 328 g/mol. The lowest BCUT2D eigenvalue weighted by atomic mass is 10.1. The monoisotopic (exact) mass is 352 g/mol. The highest BCUT2D eigenvalue weighted by atomic mass is 16.6. The van der Waals surface area contributed by atoms with E-state index in [9.17, 15) is 4.79 Å². The summed E-state index contributed by atoms with van der Waals surface area (Å²) in [5, 5.41) is 3.24. The van der Waals surface area contributed by atoms with Gasteiger partial charge in [-0.2, -0.15) is 0 Å². The molecule has 4 rings (SSSR count). The minimum atomic E-state index is -0.0938. The topological polar surface area (TPSA) is 50.8 Å². The number of carbonyl (C=O) groups excluding carboxylic acids is 1. The van der Waals surface area contributed by atoms with E-state index in [1.165, 1.54) is 0 Å². The van der Waals surface area contributed by atoms with Gasteiger partial charge in [-0.15, -0.1) is 0 Å². The quantitative estimate of drug-likeness (QED) is 0.899. The van der Waals surface area contributed by atoms with Crippen LogP contribution in [0.4, 0.5) is 0 Å². The number of carbonyl (C=O) groups is 1. The first-order valence-corrected chi connectivity index (χ1v) is 9.25. The summed E-state index contributed by atoms with van der Waals surface area (Å²) < 4.78 is 11.8. The summed E-state index contributed by atoms with van der Waals surface area (Å²) in [5.74, 6) is 1.78. The van der Waals surface area contributed by atoms with Crippen LogP contribution in [0.25, 0.3) is 0 Å². The molecular formula is C21H24N2O3. The van der Waals surface area contributed by atoms with Crippen molar-refractivity contribution < 1.29 is 14.3 Å². The van der Waals surface area contributed by atoms with Gasteiger partial charge in [-0.05, 0) is 36.1 Å². The minimum absolute atomic E-state index is 0.0938. The number of ether oxygens (including phenoxy) is 2. The van der Waals surface area contributed by atoms with Gasteiger partial charge < -0.3 is 19.7 Å². The van der Waals surface area contributed by atoms with E-state index in [2.05, 4.69) is 29.6 Å². The van der Waals surface area contributed by atoms with Crippen LogP contribution in [-0.4, -0.2) is 37.0 Å². The Morgan fingerprint density at radius 3 is 2.54 bits per heavy atom. The van der Waals surface area contributed by atoms with Crippen molar-refractivity contribution in [1.29, 1.82) is 0 Å². The molecule has 2 aliphatic rings. The normalized spacial score (nSPS) is 18.8. The maximum atomic E-state index is 12.0. The Morgan fingerprint density at radius 2 is 1.77 bits per heavy atom. The van der Waals surface area contributed by atoms with Crippen molar-refractivity contribution in [3.05, 3.63) is 59.7 Å². The Labute approximate surface area is 153 Å². The van der Waals surface area contributed by atoms with Crippen LogP contribution >= 0.6 is 0 Å². The van der Waals surface area contributed by atoms with Gasteiger partial charge >= 0.3 is 0 Å². The molecule has 1 unspecified atom stereocenters. The summed E-state index contributed by atoms with van der Waals surface area (Å²) in [7, 11) is 0. The Kier molecular flexibility index (Phi) is 5.07. The molecule has 0 aromatic heterocycles. The summed E-state index contributed by atoms with van der Waals surface area (Å²) in [4.78, 5) is 14.0. The van der Waals surface area contributed by atoms with Gasteiger partial charge in [0, 0.05) is 19.6 Å². The molecule has 1 fully saturated rings. The van der Waals surface area contributed by atoms with E-state index in [1.54, 1.807) is 0 Å². The first kappa shape index (κ1) is 16.9. The van der Waals surface area contributed by atoms with E-state index < -0.39 is 0 Å². The Bertz CT molecular complexity index is 754. The van der Waals surface area contributed by atoms with Crippen molar-refractivity contribution in [1.82, 2.24) is 10.2 Å².